The minimum Gasteiger partial charge on any atom is -0.428 e. The van der Waals surface area contributed by atoms with Crippen LogP contribution < -0.4 is 10.5 Å². The van der Waals surface area contributed by atoms with E-state index in [0.717, 1.165) is 0 Å². The topological polar surface area (TPSA) is 35.2 Å². The molecule has 0 aromatic heterocycles. The first-order chi connectivity index (χ1) is 14.2. The van der Waals surface area contributed by atoms with Crippen LogP contribution in [0.25, 0.3) is 0 Å². The van der Waals surface area contributed by atoms with Gasteiger partial charge in [-0.3, -0.25) is 0 Å². The molecule has 1 aromatic rings. The van der Waals surface area contributed by atoms with Crippen molar-refractivity contribution in [2.24, 2.45) is 0 Å². The van der Waals surface area contributed by atoms with Crippen LogP contribution >= 0.6 is 0 Å². The number of nitrogens with two attached hydrogens (primary N) is 1. The fourth-order valence-electron chi connectivity index (χ4n) is 1.90. The zero-order chi connectivity index (χ0) is 26.7. The summed E-state index contributed by atoms with van der Waals surface area (Å²) in [7, 11) is 0. The Bertz CT molecular complexity index is 842. The number of halogens is 17. The average molecular weight is 527 g/mol. The Labute approximate surface area is 170 Å². The zero-order valence-electron chi connectivity index (χ0n) is 14.7. The molecule has 0 unspecified atom stereocenters. The molecule has 0 bridgehead atoms. The first-order valence-electron chi connectivity index (χ1n) is 7.48. The van der Waals surface area contributed by atoms with Crippen LogP contribution in [-0.2, 0) is 0 Å². The smallest absolute Gasteiger partial charge is 0.428 e. The highest BCUT2D eigenvalue weighted by Crippen LogP contribution is 2.63. The third-order valence-corrected chi connectivity index (χ3v) is 3.82. The number of nitrogen functional groups attached to an aromatic ring is 1. The average Bonchev–Trinajstić information content (AvgIpc) is 2.61. The minimum atomic E-state index is -8.68. The van der Waals surface area contributed by atoms with Crippen molar-refractivity contribution in [2.75, 3.05) is 5.73 Å². The highest BCUT2D eigenvalue weighted by molar-refractivity contribution is 5.41. The molecule has 0 spiro atoms. The van der Waals surface area contributed by atoms with Crippen LogP contribution in [0.5, 0.6) is 5.75 Å². The molecule has 0 saturated carbocycles. The van der Waals surface area contributed by atoms with E-state index in [9.17, 15) is 74.6 Å². The lowest BCUT2D eigenvalue weighted by molar-refractivity contribution is -0.471. The number of ether oxygens (including phenoxy) is 1. The van der Waals surface area contributed by atoms with Crippen LogP contribution in [0.3, 0.4) is 0 Å². The van der Waals surface area contributed by atoms with Gasteiger partial charge in [0.05, 0.1) is 0 Å². The highest BCUT2D eigenvalue weighted by atomic mass is 19.4. The van der Waals surface area contributed by atoms with Gasteiger partial charge in [0.25, 0.3) is 0 Å². The molecule has 0 amide bonds. The van der Waals surface area contributed by atoms with E-state index in [-0.39, 0.29) is 17.8 Å². The van der Waals surface area contributed by atoms with E-state index < -0.39 is 53.6 Å². The fraction of sp³-hybridized carbons (Fsp3) is 0.571. The summed E-state index contributed by atoms with van der Waals surface area (Å²) in [5, 5.41) is 0. The van der Waals surface area contributed by atoms with Crippen molar-refractivity contribution in [2.45, 2.75) is 47.8 Å². The van der Waals surface area contributed by atoms with Gasteiger partial charge >= 0.3 is 47.8 Å². The van der Waals surface area contributed by atoms with Crippen LogP contribution in [0.15, 0.2) is 24.3 Å². The molecular weight excluding hydrogens is 521 g/mol. The molecule has 0 fully saturated rings. The molecule has 1 rings (SSSR count). The largest absolute Gasteiger partial charge is 0.471 e. The van der Waals surface area contributed by atoms with Gasteiger partial charge in [-0.05, 0) is 24.3 Å². The first kappa shape index (κ1) is 28.7. The highest BCUT2D eigenvalue weighted by Gasteiger charge is 2.95. The maximum Gasteiger partial charge on any atom is 0.471 e. The van der Waals surface area contributed by atoms with Gasteiger partial charge in [0.1, 0.15) is 5.75 Å². The van der Waals surface area contributed by atoms with Gasteiger partial charge in [0.2, 0.25) is 0 Å². The number of alkyl halides is 17. The van der Waals surface area contributed by atoms with E-state index in [0.29, 0.717) is 12.1 Å². The Morgan fingerprint density at radius 1 is 0.455 bits per heavy atom. The maximum absolute atomic E-state index is 13.6. The van der Waals surface area contributed by atoms with Crippen molar-refractivity contribution in [1.29, 1.82) is 0 Å². The van der Waals surface area contributed by atoms with E-state index in [1.54, 1.807) is 0 Å². The molecule has 0 aliphatic rings. The van der Waals surface area contributed by atoms with Crippen LogP contribution in [0.2, 0.25) is 0 Å². The summed E-state index contributed by atoms with van der Waals surface area (Å²) in [4.78, 5) is 0. The predicted molar refractivity (Wildman–Crippen MR) is 72.2 cm³/mol. The monoisotopic (exact) mass is 527 g/mol. The van der Waals surface area contributed by atoms with Gasteiger partial charge in [0, 0.05) is 5.69 Å². The SMILES string of the molecule is Nc1ccc(OC(F)(F)C(F)(F)C(F)(F)C(F)(F)C(F)(F)C(F)(F)C(F)(F)C(F)(F)F)cc1. The molecule has 1 aromatic carbocycles. The van der Waals surface area contributed by atoms with Crippen LogP contribution in [0, 0.1) is 0 Å². The summed E-state index contributed by atoms with van der Waals surface area (Å²) in [5.41, 5.74) is 4.76. The normalized spacial score (nSPS) is 15.5. The van der Waals surface area contributed by atoms with Crippen molar-refractivity contribution in [3.05, 3.63) is 24.3 Å². The molecule has 0 heterocycles. The van der Waals surface area contributed by atoms with E-state index in [2.05, 4.69) is 4.74 Å². The van der Waals surface area contributed by atoms with Gasteiger partial charge < -0.3 is 10.5 Å². The van der Waals surface area contributed by atoms with Gasteiger partial charge in [-0.1, -0.05) is 0 Å². The molecule has 33 heavy (non-hydrogen) atoms. The summed E-state index contributed by atoms with van der Waals surface area (Å²) in [6.45, 7) is 0. The van der Waals surface area contributed by atoms with Crippen molar-refractivity contribution in [1.82, 2.24) is 0 Å². The van der Waals surface area contributed by atoms with E-state index in [1.807, 2.05) is 0 Å². The maximum atomic E-state index is 13.6. The van der Waals surface area contributed by atoms with Gasteiger partial charge in [-0.15, -0.1) is 0 Å². The molecule has 19 heteroatoms. The summed E-state index contributed by atoms with van der Waals surface area (Å²) in [5.74, 6) is -51.9. The Morgan fingerprint density at radius 3 is 1.09 bits per heavy atom. The lowest BCUT2D eigenvalue weighted by Gasteiger charge is -2.42. The molecule has 2 N–H and O–H groups in total. The molecule has 0 saturated heterocycles. The number of hydrogen-bond acceptors (Lipinski definition) is 2. The lowest BCUT2D eigenvalue weighted by Crippen LogP contribution is -2.74. The minimum absolute atomic E-state index is 0.238. The molecule has 0 atom stereocenters. The second-order valence-corrected chi connectivity index (χ2v) is 6.13. The Kier molecular flexibility index (Phi) is 6.58. The quantitative estimate of drug-likeness (QED) is 0.305. The Balaban J connectivity index is 3.57. The van der Waals surface area contributed by atoms with Crippen molar-refractivity contribution < 1.29 is 79.4 Å². The number of anilines is 1. The summed E-state index contributed by atoms with van der Waals surface area (Å²) >= 11 is 0. The Hall–Kier alpha value is -2.37. The second-order valence-electron chi connectivity index (χ2n) is 6.13. The summed E-state index contributed by atoms with van der Waals surface area (Å²) in [6.07, 6.45) is -14.7. The summed E-state index contributed by atoms with van der Waals surface area (Å²) < 4.78 is 225. The third kappa shape index (κ3) is 3.95. The Morgan fingerprint density at radius 2 is 0.758 bits per heavy atom. The second kappa shape index (κ2) is 7.57. The van der Waals surface area contributed by atoms with Crippen LogP contribution in [0.1, 0.15) is 0 Å². The molecular formula is C14H6F17NO. The summed E-state index contributed by atoms with van der Waals surface area (Å²) in [6, 6.07) is 1.65. The molecule has 192 valence electrons. The number of benzene rings is 1. The van der Waals surface area contributed by atoms with Crippen LogP contribution in [-0.4, -0.2) is 47.8 Å². The molecule has 0 aliphatic heterocycles. The fourth-order valence-corrected chi connectivity index (χ4v) is 1.90. The van der Waals surface area contributed by atoms with Crippen molar-refractivity contribution in [3.63, 3.8) is 0 Å². The lowest BCUT2D eigenvalue weighted by atomic mass is 9.90. The first-order valence-corrected chi connectivity index (χ1v) is 7.48. The standard InChI is InChI=1S/C14H6F17NO/c15-7(16,9(19,20)11(23,24)13(27,28)29)8(17,18)10(21,22)12(25,26)14(30,31)33-6-3-1-5(32)2-4-6/h1-4H,32H2. The third-order valence-electron chi connectivity index (χ3n) is 3.82. The van der Waals surface area contributed by atoms with Gasteiger partial charge in [0.15, 0.2) is 0 Å². The number of rotatable bonds is 8. The van der Waals surface area contributed by atoms with E-state index >= 15 is 0 Å². The van der Waals surface area contributed by atoms with E-state index in [1.165, 1.54) is 0 Å². The predicted octanol–water partition coefficient (Wildman–Crippen LogP) is 6.61. The molecule has 0 radical (unpaired) electrons. The number of hydrogen-bond donors (Lipinski definition) is 1. The van der Waals surface area contributed by atoms with Gasteiger partial charge in [-0.2, -0.15) is 74.6 Å². The zero-order valence-corrected chi connectivity index (χ0v) is 14.7. The molecule has 0 aliphatic carbocycles. The van der Waals surface area contributed by atoms with E-state index in [4.69, 9.17) is 5.73 Å². The molecule has 2 nitrogen and oxygen atoms in total. The van der Waals surface area contributed by atoms with Crippen molar-refractivity contribution >= 4 is 5.69 Å². The van der Waals surface area contributed by atoms with Crippen molar-refractivity contribution in [3.8, 4) is 5.75 Å². The van der Waals surface area contributed by atoms with Crippen LogP contribution in [0.4, 0.5) is 80.3 Å². The van der Waals surface area contributed by atoms with Gasteiger partial charge in [-0.25, -0.2) is 0 Å².